The number of anilines is 1. The topological polar surface area (TPSA) is 59.1 Å². The molecule has 1 rings (SSSR count). The molecule has 0 aromatic heterocycles. The average Bonchev–Trinajstić information content (AvgIpc) is 2.38. The van der Waals surface area contributed by atoms with Crippen LogP contribution in [0.25, 0.3) is 0 Å². The van der Waals surface area contributed by atoms with Crippen molar-refractivity contribution in [1.29, 1.82) is 0 Å². The maximum Gasteiger partial charge on any atom is 0.425 e. The van der Waals surface area contributed by atoms with Crippen LogP contribution in [0.5, 0.6) is 5.75 Å². The highest BCUT2D eigenvalue weighted by molar-refractivity contribution is 8.11. The third-order valence-electron chi connectivity index (χ3n) is 2.17. The smallest absolute Gasteiger partial charge is 0.425 e. The summed E-state index contributed by atoms with van der Waals surface area (Å²) in [6.07, 6.45) is -0.647. The Hall–Kier alpha value is -1.89. The normalized spacial score (nSPS) is 9.68. The van der Waals surface area contributed by atoms with Gasteiger partial charge in [0.25, 0.3) is 0 Å². The Labute approximate surface area is 116 Å². The van der Waals surface area contributed by atoms with E-state index in [4.69, 9.17) is 4.74 Å². The maximum atomic E-state index is 11.7. The van der Waals surface area contributed by atoms with Gasteiger partial charge in [0.05, 0.1) is 19.1 Å². The standard InChI is InChI=1S/C12H16N2O4S/c1-13(2)9-6-5-7-10(8-9)18-11(15)14(3)19-12(16)17-4/h5-8H,1-4H3. The fraction of sp³-hybridized carbons (Fsp3) is 0.333. The van der Waals surface area contributed by atoms with Crippen molar-refractivity contribution in [3.05, 3.63) is 24.3 Å². The molecule has 0 fully saturated rings. The third-order valence-corrected chi connectivity index (χ3v) is 2.91. The average molecular weight is 284 g/mol. The van der Waals surface area contributed by atoms with E-state index in [-0.39, 0.29) is 0 Å². The van der Waals surface area contributed by atoms with E-state index in [0.29, 0.717) is 17.7 Å². The van der Waals surface area contributed by atoms with Crippen LogP contribution in [0.1, 0.15) is 0 Å². The van der Waals surface area contributed by atoms with E-state index in [1.165, 1.54) is 14.2 Å². The third kappa shape index (κ3) is 4.70. The van der Waals surface area contributed by atoms with E-state index in [2.05, 4.69) is 4.74 Å². The molecule has 1 aromatic carbocycles. The molecule has 7 heteroatoms. The van der Waals surface area contributed by atoms with Gasteiger partial charge in [0, 0.05) is 32.9 Å². The van der Waals surface area contributed by atoms with E-state index in [1.54, 1.807) is 18.2 Å². The molecule has 0 bridgehead atoms. The lowest BCUT2D eigenvalue weighted by molar-refractivity contribution is 0.184. The van der Waals surface area contributed by atoms with Crippen LogP contribution in [0.15, 0.2) is 24.3 Å². The summed E-state index contributed by atoms with van der Waals surface area (Å²) in [6, 6.07) is 7.08. The van der Waals surface area contributed by atoms with Gasteiger partial charge in [-0.05, 0) is 12.1 Å². The summed E-state index contributed by atoms with van der Waals surface area (Å²) in [7, 11) is 6.45. The molecule has 0 aliphatic rings. The Morgan fingerprint density at radius 2 is 1.89 bits per heavy atom. The number of nitrogens with zero attached hydrogens (tertiary/aromatic N) is 2. The molecule has 0 saturated carbocycles. The van der Waals surface area contributed by atoms with Crippen molar-refractivity contribution in [2.75, 3.05) is 33.2 Å². The van der Waals surface area contributed by atoms with Crippen molar-refractivity contribution in [2.24, 2.45) is 0 Å². The van der Waals surface area contributed by atoms with E-state index >= 15 is 0 Å². The van der Waals surface area contributed by atoms with Gasteiger partial charge in [-0.15, -0.1) is 0 Å². The van der Waals surface area contributed by atoms with Crippen molar-refractivity contribution < 1.29 is 19.1 Å². The Bertz CT molecular complexity index is 465. The second kappa shape index (κ2) is 6.89. The van der Waals surface area contributed by atoms with Crippen molar-refractivity contribution in [3.8, 4) is 5.75 Å². The van der Waals surface area contributed by atoms with Crippen molar-refractivity contribution in [3.63, 3.8) is 0 Å². The van der Waals surface area contributed by atoms with Crippen molar-refractivity contribution in [1.82, 2.24) is 4.31 Å². The molecule has 0 saturated heterocycles. The molecule has 0 aliphatic carbocycles. The molecule has 0 radical (unpaired) electrons. The fourth-order valence-electron chi connectivity index (χ4n) is 1.18. The minimum absolute atomic E-state index is 0.411. The second-order valence-corrected chi connectivity index (χ2v) is 4.87. The van der Waals surface area contributed by atoms with Crippen molar-refractivity contribution in [2.45, 2.75) is 0 Å². The first-order valence-electron chi connectivity index (χ1n) is 5.43. The zero-order valence-corrected chi connectivity index (χ0v) is 12.1. The van der Waals surface area contributed by atoms with Gasteiger partial charge >= 0.3 is 11.4 Å². The summed E-state index contributed by atoms with van der Waals surface area (Å²) in [5, 5.41) is -0.582. The Kier molecular flexibility index (Phi) is 5.50. The number of hydrogen-bond acceptors (Lipinski definition) is 6. The minimum Gasteiger partial charge on any atom is -0.460 e. The molecule has 0 atom stereocenters. The van der Waals surface area contributed by atoms with Gasteiger partial charge in [-0.1, -0.05) is 6.07 Å². The first-order chi connectivity index (χ1) is 8.93. The predicted octanol–water partition coefficient (Wildman–Crippen LogP) is 2.60. The first-order valence-corrected chi connectivity index (χ1v) is 6.20. The molecular weight excluding hydrogens is 268 g/mol. The van der Waals surface area contributed by atoms with Gasteiger partial charge in [0.2, 0.25) is 0 Å². The van der Waals surface area contributed by atoms with Gasteiger partial charge in [-0.3, -0.25) is 0 Å². The number of ether oxygens (including phenoxy) is 2. The fourth-order valence-corrected chi connectivity index (χ4v) is 1.59. The molecule has 0 spiro atoms. The quantitative estimate of drug-likeness (QED) is 0.614. The van der Waals surface area contributed by atoms with Crippen LogP contribution in [-0.4, -0.2) is 44.0 Å². The predicted molar refractivity (Wildman–Crippen MR) is 74.6 cm³/mol. The van der Waals surface area contributed by atoms with Gasteiger partial charge in [-0.25, -0.2) is 13.9 Å². The highest BCUT2D eigenvalue weighted by atomic mass is 32.2. The van der Waals surface area contributed by atoms with Crippen LogP contribution >= 0.6 is 11.9 Å². The monoisotopic (exact) mass is 284 g/mol. The SMILES string of the molecule is COC(=O)SN(C)C(=O)Oc1cccc(N(C)C)c1. The summed E-state index contributed by atoms with van der Waals surface area (Å²) in [5.41, 5.74) is 0.911. The molecular formula is C12H16N2O4S. The lowest BCUT2D eigenvalue weighted by Crippen LogP contribution is -2.25. The number of benzene rings is 1. The molecule has 0 N–H and O–H groups in total. The van der Waals surface area contributed by atoms with Gasteiger partial charge < -0.3 is 14.4 Å². The molecule has 1 amide bonds. The molecule has 104 valence electrons. The molecule has 0 heterocycles. The Morgan fingerprint density at radius 3 is 2.47 bits per heavy atom. The van der Waals surface area contributed by atoms with Crippen LogP contribution < -0.4 is 9.64 Å². The molecule has 19 heavy (non-hydrogen) atoms. The number of amides is 1. The van der Waals surface area contributed by atoms with Crippen LogP contribution in [0, 0.1) is 0 Å². The minimum atomic E-state index is -0.647. The number of methoxy groups -OCH3 is 1. The van der Waals surface area contributed by atoms with E-state index in [9.17, 15) is 9.59 Å². The highest BCUT2D eigenvalue weighted by Gasteiger charge is 2.16. The number of carbonyl (C=O) groups is 2. The van der Waals surface area contributed by atoms with Crippen molar-refractivity contribution >= 4 is 29.0 Å². The summed E-state index contributed by atoms with van der Waals surface area (Å²) in [4.78, 5) is 24.6. The molecule has 0 unspecified atom stereocenters. The molecule has 1 aromatic rings. The highest BCUT2D eigenvalue weighted by Crippen LogP contribution is 2.21. The summed E-state index contributed by atoms with van der Waals surface area (Å²) in [5.74, 6) is 0.411. The van der Waals surface area contributed by atoms with Gasteiger partial charge in [-0.2, -0.15) is 0 Å². The van der Waals surface area contributed by atoms with Crippen LogP contribution in [0.2, 0.25) is 0 Å². The van der Waals surface area contributed by atoms with Crippen LogP contribution in [0.4, 0.5) is 15.3 Å². The molecule has 0 aliphatic heterocycles. The molecule has 6 nitrogen and oxygen atoms in total. The van der Waals surface area contributed by atoms with E-state index in [1.807, 2.05) is 25.1 Å². The van der Waals surface area contributed by atoms with E-state index < -0.39 is 11.4 Å². The largest absolute Gasteiger partial charge is 0.460 e. The van der Waals surface area contributed by atoms with Crippen LogP contribution in [0.3, 0.4) is 0 Å². The number of rotatable bonds is 2. The lowest BCUT2D eigenvalue weighted by atomic mass is 10.3. The Balaban J connectivity index is 2.66. The van der Waals surface area contributed by atoms with Crippen LogP contribution in [-0.2, 0) is 4.74 Å². The Morgan fingerprint density at radius 1 is 1.21 bits per heavy atom. The lowest BCUT2D eigenvalue weighted by Gasteiger charge is -2.16. The first kappa shape index (κ1) is 15.2. The number of carbonyl (C=O) groups excluding carboxylic acids is 2. The summed E-state index contributed by atoms with van der Waals surface area (Å²) < 4.78 is 10.6. The summed E-state index contributed by atoms with van der Waals surface area (Å²) >= 11 is 0.625. The van der Waals surface area contributed by atoms with Gasteiger partial charge in [0.15, 0.2) is 0 Å². The van der Waals surface area contributed by atoms with Gasteiger partial charge in [0.1, 0.15) is 5.75 Å². The summed E-state index contributed by atoms with van der Waals surface area (Å²) in [6.45, 7) is 0. The zero-order valence-electron chi connectivity index (χ0n) is 11.2. The number of hydrogen-bond donors (Lipinski definition) is 0. The zero-order chi connectivity index (χ0) is 14.4. The second-order valence-electron chi connectivity index (χ2n) is 3.80. The van der Waals surface area contributed by atoms with E-state index in [0.717, 1.165) is 9.99 Å². The maximum absolute atomic E-state index is 11.7.